The van der Waals surface area contributed by atoms with E-state index < -0.39 is 11.6 Å². The van der Waals surface area contributed by atoms with Crippen LogP contribution in [-0.2, 0) is 0 Å². The van der Waals surface area contributed by atoms with Crippen molar-refractivity contribution < 1.29 is 8.78 Å². The number of halogens is 2. The van der Waals surface area contributed by atoms with Gasteiger partial charge in [-0.15, -0.1) is 11.3 Å². The summed E-state index contributed by atoms with van der Waals surface area (Å²) in [6.07, 6.45) is 4.29. The lowest BCUT2D eigenvalue weighted by Crippen LogP contribution is -2.07. The first kappa shape index (κ1) is 17.2. The first-order valence-electron chi connectivity index (χ1n) is 8.98. The minimum atomic E-state index is -0.817. The molecule has 5 rings (SSSR count). The maximum atomic E-state index is 13.6. The summed E-state index contributed by atoms with van der Waals surface area (Å²) < 4.78 is 26.8. The summed E-state index contributed by atoms with van der Waals surface area (Å²) in [7, 11) is 0. The van der Waals surface area contributed by atoms with Crippen LogP contribution < -0.4 is 5.32 Å². The van der Waals surface area contributed by atoms with Gasteiger partial charge in [-0.2, -0.15) is 0 Å². The van der Waals surface area contributed by atoms with Gasteiger partial charge in [0.05, 0.1) is 5.39 Å². The number of fused-ring (bicyclic) bond motifs is 1. The van der Waals surface area contributed by atoms with Crippen molar-refractivity contribution in [3.63, 3.8) is 0 Å². The molecular formula is C21H16F2N4S. The van der Waals surface area contributed by atoms with Crippen LogP contribution in [0, 0.1) is 18.6 Å². The predicted octanol–water partition coefficient (Wildman–Crippen LogP) is 5.31. The van der Waals surface area contributed by atoms with E-state index in [9.17, 15) is 8.78 Å². The molecular weight excluding hydrogens is 378 g/mol. The number of pyridine rings is 1. The van der Waals surface area contributed by atoms with Crippen LogP contribution in [0.2, 0.25) is 0 Å². The average Bonchev–Trinajstić information content (AvgIpc) is 3.35. The number of hydrogen-bond acceptors (Lipinski definition) is 5. The van der Waals surface area contributed by atoms with Gasteiger partial charge in [0.15, 0.2) is 17.5 Å². The van der Waals surface area contributed by atoms with Gasteiger partial charge >= 0.3 is 0 Å². The monoisotopic (exact) mass is 394 g/mol. The SMILES string of the molecule is Cc1cc2c(N[C@@H]3C[C@H]3c3ccc(F)c(F)c3)nc(-c3ccncc3)nc2s1. The molecule has 1 aliphatic rings. The Morgan fingerprint density at radius 3 is 2.64 bits per heavy atom. The number of nitrogens with zero attached hydrogens (tertiary/aromatic N) is 3. The number of hydrogen-bond donors (Lipinski definition) is 1. The van der Waals surface area contributed by atoms with E-state index in [0.717, 1.165) is 38.5 Å². The fourth-order valence-electron chi connectivity index (χ4n) is 3.42. The molecule has 1 aliphatic carbocycles. The van der Waals surface area contributed by atoms with Crippen LogP contribution in [-0.4, -0.2) is 21.0 Å². The molecule has 0 radical (unpaired) electrons. The highest BCUT2D eigenvalue weighted by atomic mass is 32.1. The average molecular weight is 394 g/mol. The highest BCUT2D eigenvalue weighted by Gasteiger charge is 2.39. The minimum absolute atomic E-state index is 0.133. The zero-order chi connectivity index (χ0) is 19.3. The molecule has 1 saturated carbocycles. The first-order valence-corrected chi connectivity index (χ1v) is 9.80. The van der Waals surface area contributed by atoms with Crippen LogP contribution in [0.5, 0.6) is 0 Å². The van der Waals surface area contributed by atoms with Crippen LogP contribution in [0.15, 0.2) is 48.8 Å². The largest absolute Gasteiger partial charge is 0.366 e. The Hall–Kier alpha value is -2.93. The van der Waals surface area contributed by atoms with Crippen molar-refractivity contribution in [1.29, 1.82) is 0 Å². The third-order valence-electron chi connectivity index (χ3n) is 4.94. The standard InChI is InChI=1S/C21H16F2N4S/c1-11-8-15-20(25-18-10-14(18)13-2-3-16(22)17(23)9-13)26-19(27-21(15)28-11)12-4-6-24-7-5-12/h2-9,14,18H,10H2,1H3,(H,25,26,27)/t14-,18+/m0/s1. The molecule has 7 heteroatoms. The predicted molar refractivity (Wildman–Crippen MR) is 107 cm³/mol. The lowest BCUT2D eigenvalue weighted by Gasteiger charge is -2.09. The van der Waals surface area contributed by atoms with Gasteiger partial charge in [0.1, 0.15) is 10.6 Å². The number of aromatic nitrogens is 3. The Morgan fingerprint density at radius 2 is 1.86 bits per heavy atom. The van der Waals surface area contributed by atoms with Gasteiger partial charge in [-0.25, -0.2) is 18.7 Å². The fourth-order valence-corrected chi connectivity index (χ4v) is 4.30. The Kier molecular flexibility index (Phi) is 4.05. The molecule has 3 heterocycles. The second kappa shape index (κ2) is 6.60. The number of aryl methyl sites for hydroxylation is 1. The molecule has 4 nitrogen and oxygen atoms in total. The second-order valence-electron chi connectivity index (χ2n) is 6.97. The van der Waals surface area contributed by atoms with Crippen LogP contribution >= 0.6 is 11.3 Å². The number of rotatable bonds is 4. The van der Waals surface area contributed by atoms with Crippen LogP contribution in [0.25, 0.3) is 21.6 Å². The molecule has 3 aromatic heterocycles. The first-order chi connectivity index (χ1) is 13.6. The highest BCUT2D eigenvalue weighted by molar-refractivity contribution is 7.18. The van der Waals surface area contributed by atoms with E-state index in [1.807, 2.05) is 19.1 Å². The summed E-state index contributed by atoms with van der Waals surface area (Å²) in [6, 6.07) is 10.1. The molecule has 0 unspecified atom stereocenters. The maximum Gasteiger partial charge on any atom is 0.163 e. The van der Waals surface area contributed by atoms with E-state index in [-0.39, 0.29) is 12.0 Å². The molecule has 1 fully saturated rings. The number of nitrogens with one attached hydrogen (secondary N) is 1. The molecule has 0 bridgehead atoms. The van der Waals surface area contributed by atoms with Crippen molar-refractivity contribution in [2.24, 2.45) is 0 Å². The van der Waals surface area contributed by atoms with Gasteiger partial charge in [0.25, 0.3) is 0 Å². The molecule has 28 heavy (non-hydrogen) atoms. The summed E-state index contributed by atoms with van der Waals surface area (Å²) in [5, 5.41) is 4.47. The van der Waals surface area contributed by atoms with Gasteiger partial charge < -0.3 is 5.32 Å². The van der Waals surface area contributed by atoms with Gasteiger partial charge in [0.2, 0.25) is 0 Å². The Bertz CT molecular complexity index is 1180. The van der Waals surface area contributed by atoms with Crippen molar-refractivity contribution in [2.75, 3.05) is 5.32 Å². The molecule has 0 amide bonds. The van der Waals surface area contributed by atoms with E-state index in [4.69, 9.17) is 9.97 Å². The zero-order valence-electron chi connectivity index (χ0n) is 15.0. The van der Waals surface area contributed by atoms with Crippen molar-refractivity contribution >= 4 is 27.4 Å². The number of benzene rings is 1. The molecule has 1 aromatic carbocycles. The molecule has 2 atom stereocenters. The van der Waals surface area contributed by atoms with Crippen LogP contribution in [0.3, 0.4) is 0 Å². The molecule has 1 N–H and O–H groups in total. The lowest BCUT2D eigenvalue weighted by molar-refractivity contribution is 0.507. The summed E-state index contributed by atoms with van der Waals surface area (Å²) >= 11 is 1.63. The molecule has 140 valence electrons. The normalized spacial score (nSPS) is 18.4. The van der Waals surface area contributed by atoms with E-state index in [0.29, 0.717) is 5.82 Å². The van der Waals surface area contributed by atoms with Crippen LogP contribution in [0.4, 0.5) is 14.6 Å². The Balaban J connectivity index is 1.48. The van der Waals surface area contributed by atoms with Crippen molar-refractivity contribution in [3.05, 3.63) is 70.9 Å². The van der Waals surface area contributed by atoms with Crippen LogP contribution in [0.1, 0.15) is 22.8 Å². The zero-order valence-corrected chi connectivity index (χ0v) is 15.8. The molecule has 0 saturated heterocycles. The Morgan fingerprint density at radius 1 is 1.04 bits per heavy atom. The van der Waals surface area contributed by atoms with E-state index in [1.165, 1.54) is 12.1 Å². The second-order valence-corrected chi connectivity index (χ2v) is 8.21. The van der Waals surface area contributed by atoms with E-state index >= 15 is 0 Å². The molecule has 0 aliphatic heterocycles. The quantitative estimate of drug-likeness (QED) is 0.510. The molecule has 4 aromatic rings. The third kappa shape index (κ3) is 3.11. The topological polar surface area (TPSA) is 50.7 Å². The van der Waals surface area contributed by atoms with E-state index in [1.54, 1.807) is 29.8 Å². The van der Waals surface area contributed by atoms with Crippen molar-refractivity contribution in [1.82, 2.24) is 15.0 Å². The van der Waals surface area contributed by atoms with Gasteiger partial charge in [-0.05, 0) is 49.2 Å². The van der Waals surface area contributed by atoms with Gasteiger partial charge in [0, 0.05) is 34.8 Å². The van der Waals surface area contributed by atoms with Gasteiger partial charge in [-0.3, -0.25) is 4.98 Å². The third-order valence-corrected chi connectivity index (χ3v) is 5.88. The van der Waals surface area contributed by atoms with Crippen molar-refractivity contribution in [2.45, 2.75) is 25.3 Å². The summed E-state index contributed by atoms with van der Waals surface area (Å²) in [5.74, 6) is -0.0621. The lowest BCUT2D eigenvalue weighted by atomic mass is 10.1. The fraction of sp³-hybridized carbons (Fsp3) is 0.190. The maximum absolute atomic E-state index is 13.6. The minimum Gasteiger partial charge on any atom is -0.366 e. The van der Waals surface area contributed by atoms with Gasteiger partial charge in [-0.1, -0.05) is 6.07 Å². The summed E-state index contributed by atoms with van der Waals surface area (Å²) in [6.45, 7) is 2.05. The molecule has 0 spiro atoms. The van der Waals surface area contributed by atoms with E-state index in [2.05, 4.69) is 16.4 Å². The van der Waals surface area contributed by atoms with Crippen molar-refractivity contribution in [3.8, 4) is 11.4 Å². The summed E-state index contributed by atoms with van der Waals surface area (Å²) in [4.78, 5) is 15.6. The smallest absolute Gasteiger partial charge is 0.163 e. The summed E-state index contributed by atoms with van der Waals surface area (Å²) in [5.41, 5.74) is 1.71. The number of anilines is 1. The Labute approximate surface area is 164 Å². The highest BCUT2D eigenvalue weighted by Crippen LogP contribution is 2.44. The number of thiophene rings is 1.